The first-order valence-corrected chi connectivity index (χ1v) is 8.09. The van der Waals surface area contributed by atoms with Gasteiger partial charge in [-0.05, 0) is 64.9 Å². The summed E-state index contributed by atoms with van der Waals surface area (Å²) < 4.78 is 14.3. The van der Waals surface area contributed by atoms with E-state index < -0.39 is 0 Å². The molecule has 2 aliphatic rings. The van der Waals surface area contributed by atoms with Crippen LogP contribution in [0.2, 0.25) is 0 Å². The third-order valence-electron chi connectivity index (χ3n) is 4.24. The molecule has 1 fully saturated rings. The summed E-state index contributed by atoms with van der Waals surface area (Å²) in [5.41, 5.74) is 3.53. The number of rotatable bonds is 2. The smallest absolute Gasteiger partial charge is 0.123 e. The van der Waals surface area contributed by atoms with Crippen molar-refractivity contribution in [2.45, 2.75) is 25.2 Å². The summed E-state index contributed by atoms with van der Waals surface area (Å²) >= 11 is 2.31. The minimum Gasteiger partial charge on any atom is -0.269 e. The number of hydrogen-bond donors (Lipinski definition) is 0. The van der Waals surface area contributed by atoms with Crippen LogP contribution in [0.25, 0.3) is 0 Å². The Bertz CT molecular complexity index is 709. The highest BCUT2D eigenvalue weighted by Crippen LogP contribution is 2.50. The van der Waals surface area contributed by atoms with Crippen LogP contribution in [0.3, 0.4) is 0 Å². The maximum absolute atomic E-state index is 13.1. The minimum absolute atomic E-state index is 0.181. The molecule has 0 radical (unpaired) electrons. The van der Waals surface area contributed by atoms with Gasteiger partial charge < -0.3 is 0 Å². The minimum atomic E-state index is -0.181. The lowest BCUT2D eigenvalue weighted by atomic mass is 10.0. The van der Waals surface area contributed by atoms with Crippen molar-refractivity contribution < 1.29 is 4.39 Å². The van der Waals surface area contributed by atoms with Crippen LogP contribution in [0.15, 0.2) is 53.5 Å². The van der Waals surface area contributed by atoms with Crippen LogP contribution in [0, 0.1) is 9.39 Å². The van der Waals surface area contributed by atoms with Crippen LogP contribution < -0.4 is 0 Å². The molecule has 106 valence electrons. The lowest BCUT2D eigenvalue weighted by Gasteiger charge is -2.09. The first-order chi connectivity index (χ1) is 10.1. The maximum Gasteiger partial charge on any atom is 0.123 e. The molecule has 0 N–H and O–H groups in total. The van der Waals surface area contributed by atoms with E-state index >= 15 is 0 Å². The first-order valence-electron chi connectivity index (χ1n) is 7.02. The Labute approximate surface area is 136 Å². The number of nitrogens with zero attached hydrogens (tertiary/aromatic N) is 2. The molecule has 0 aromatic heterocycles. The Morgan fingerprint density at radius 2 is 1.67 bits per heavy atom. The van der Waals surface area contributed by atoms with Gasteiger partial charge in [-0.15, -0.1) is 0 Å². The second-order valence-electron chi connectivity index (χ2n) is 5.54. The lowest BCUT2D eigenvalue weighted by molar-refractivity contribution is 0.419. The number of hydrogen-bond acceptors (Lipinski definition) is 2. The highest BCUT2D eigenvalue weighted by Gasteiger charge is 2.57. The van der Waals surface area contributed by atoms with Gasteiger partial charge in [-0.2, -0.15) is 0 Å². The summed E-state index contributed by atoms with van der Waals surface area (Å²) in [5, 5.41) is 0. The Morgan fingerprint density at radius 1 is 1.00 bits per heavy atom. The van der Waals surface area contributed by atoms with Crippen LogP contribution >= 0.6 is 22.6 Å². The largest absolute Gasteiger partial charge is 0.269 e. The molecule has 21 heavy (non-hydrogen) atoms. The predicted molar refractivity (Wildman–Crippen MR) is 89.9 cm³/mol. The van der Waals surface area contributed by atoms with Crippen molar-refractivity contribution in [2.75, 3.05) is 0 Å². The molecule has 4 rings (SSSR count). The summed E-state index contributed by atoms with van der Waals surface area (Å²) in [7, 11) is 0. The average Bonchev–Trinajstić information content (AvgIpc) is 3.13. The first kappa shape index (κ1) is 13.4. The third kappa shape index (κ3) is 2.21. The zero-order chi connectivity index (χ0) is 14.6. The third-order valence-corrected chi connectivity index (χ3v) is 4.96. The van der Waals surface area contributed by atoms with Gasteiger partial charge in [0.1, 0.15) is 12.0 Å². The molecule has 0 amide bonds. The molecular weight excluding hydrogens is 378 g/mol. The summed E-state index contributed by atoms with van der Waals surface area (Å²) in [6.07, 6.45) is 0.194. The molecule has 0 saturated carbocycles. The number of fused-ring (bicyclic) bond motifs is 1. The highest BCUT2D eigenvalue weighted by molar-refractivity contribution is 14.1. The van der Waals surface area contributed by atoms with Crippen LogP contribution in [-0.2, 0) is 0 Å². The van der Waals surface area contributed by atoms with Crippen molar-refractivity contribution in [2.24, 2.45) is 4.99 Å². The van der Waals surface area contributed by atoms with Gasteiger partial charge in [-0.25, -0.2) is 4.39 Å². The molecule has 1 unspecified atom stereocenters. The van der Waals surface area contributed by atoms with E-state index in [1.807, 2.05) is 12.1 Å². The molecule has 1 saturated heterocycles. The fraction of sp³-hybridized carbons (Fsp3) is 0.235. The number of aliphatic imine (C=N–C) groups is 1. The monoisotopic (exact) mass is 392 g/mol. The SMILES string of the molecule is C[C@@H]1N=C(c2ccc(I)cc2)[C@H]2[C@@H](c3ccc(F)cc3)N12. The highest BCUT2D eigenvalue weighted by atomic mass is 127. The van der Waals surface area contributed by atoms with Crippen LogP contribution in [0.5, 0.6) is 0 Å². The molecule has 2 aliphatic heterocycles. The summed E-state index contributed by atoms with van der Waals surface area (Å²) in [4.78, 5) is 7.15. The van der Waals surface area contributed by atoms with Gasteiger partial charge in [0.15, 0.2) is 0 Å². The second kappa shape index (κ2) is 4.88. The number of benzene rings is 2. The van der Waals surface area contributed by atoms with Crippen molar-refractivity contribution in [3.63, 3.8) is 0 Å². The Morgan fingerprint density at radius 3 is 2.33 bits per heavy atom. The zero-order valence-corrected chi connectivity index (χ0v) is 13.7. The van der Waals surface area contributed by atoms with Gasteiger partial charge in [0.05, 0.1) is 17.8 Å². The molecule has 2 heterocycles. The predicted octanol–water partition coefficient (Wildman–Crippen LogP) is 4.00. The summed E-state index contributed by atoms with van der Waals surface area (Å²) in [6.45, 7) is 2.12. The van der Waals surface area contributed by atoms with E-state index in [2.05, 4.69) is 58.7 Å². The van der Waals surface area contributed by atoms with E-state index in [9.17, 15) is 4.39 Å². The van der Waals surface area contributed by atoms with E-state index in [1.165, 1.54) is 26.8 Å². The molecule has 4 heteroatoms. The van der Waals surface area contributed by atoms with Gasteiger partial charge in [0.2, 0.25) is 0 Å². The van der Waals surface area contributed by atoms with Gasteiger partial charge in [0, 0.05) is 3.57 Å². The van der Waals surface area contributed by atoms with Crippen molar-refractivity contribution in [3.05, 3.63) is 69.0 Å². The fourth-order valence-corrected chi connectivity index (χ4v) is 3.59. The summed E-state index contributed by atoms with van der Waals surface area (Å²) in [5.74, 6) is -0.181. The molecule has 4 atom stereocenters. The van der Waals surface area contributed by atoms with Crippen molar-refractivity contribution in [1.29, 1.82) is 0 Å². The normalized spacial score (nSPS) is 30.0. The topological polar surface area (TPSA) is 15.4 Å². The van der Waals surface area contributed by atoms with Gasteiger partial charge in [0.25, 0.3) is 0 Å². The van der Waals surface area contributed by atoms with E-state index in [4.69, 9.17) is 4.99 Å². The molecule has 2 nitrogen and oxygen atoms in total. The van der Waals surface area contributed by atoms with Crippen molar-refractivity contribution >= 4 is 28.3 Å². The second-order valence-corrected chi connectivity index (χ2v) is 6.79. The maximum atomic E-state index is 13.1. The molecule has 2 aromatic carbocycles. The lowest BCUT2D eigenvalue weighted by Crippen LogP contribution is -2.09. The van der Waals surface area contributed by atoms with Gasteiger partial charge in [-0.3, -0.25) is 9.89 Å². The van der Waals surface area contributed by atoms with Crippen LogP contribution in [0.4, 0.5) is 4.39 Å². The molecule has 2 aromatic rings. The number of halogens is 2. The standard InChI is InChI=1S/C17H14FIN2/c1-10-20-15(11-4-8-14(19)9-5-11)17-16(21(10)17)12-2-6-13(18)7-3-12/h2-10,16-17H,1H3/t10-,16-,17+,21?/m1/s1. The summed E-state index contributed by atoms with van der Waals surface area (Å²) in [6, 6.07) is 16.0. The van der Waals surface area contributed by atoms with Crippen molar-refractivity contribution in [1.82, 2.24) is 4.90 Å². The van der Waals surface area contributed by atoms with E-state index in [0.717, 1.165) is 5.71 Å². The van der Waals surface area contributed by atoms with Gasteiger partial charge in [-0.1, -0.05) is 24.3 Å². The zero-order valence-electron chi connectivity index (χ0n) is 11.5. The molecule has 0 bridgehead atoms. The average molecular weight is 392 g/mol. The molecule has 0 aliphatic carbocycles. The Balaban J connectivity index is 1.65. The van der Waals surface area contributed by atoms with Crippen LogP contribution in [-0.4, -0.2) is 22.8 Å². The Hall–Kier alpha value is -1.27. The molecular formula is C17H14FIN2. The molecule has 0 spiro atoms. The Kier molecular flexibility index (Phi) is 3.11. The quantitative estimate of drug-likeness (QED) is 0.557. The fourth-order valence-electron chi connectivity index (χ4n) is 3.23. The van der Waals surface area contributed by atoms with E-state index in [0.29, 0.717) is 12.1 Å². The van der Waals surface area contributed by atoms with Crippen LogP contribution in [0.1, 0.15) is 24.1 Å². The van der Waals surface area contributed by atoms with Gasteiger partial charge >= 0.3 is 0 Å². The van der Waals surface area contributed by atoms with Crippen molar-refractivity contribution in [3.8, 4) is 0 Å². The van der Waals surface area contributed by atoms with E-state index in [1.54, 1.807) is 0 Å². The van der Waals surface area contributed by atoms with E-state index in [-0.39, 0.29) is 12.0 Å².